The molecule has 2 fully saturated rings. The fourth-order valence-corrected chi connectivity index (χ4v) is 5.98. The van der Waals surface area contributed by atoms with Crippen LogP contribution in [0.1, 0.15) is 43.2 Å². The number of hydrogen-bond acceptors (Lipinski definition) is 6. The third-order valence-electron chi connectivity index (χ3n) is 6.29. The summed E-state index contributed by atoms with van der Waals surface area (Å²) < 4.78 is 50.1. The Morgan fingerprint density at radius 1 is 0.667 bits per heavy atom. The molecule has 2 aliphatic carbocycles. The highest BCUT2D eigenvalue weighted by molar-refractivity contribution is 7.89. The smallest absolute Gasteiger partial charge is 0.200 e. The minimum Gasteiger partial charge on any atom is -0.200 e. The van der Waals surface area contributed by atoms with Gasteiger partial charge in [-0.05, 0) is 70.2 Å². The quantitative estimate of drug-likeness (QED) is 0.605. The summed E-state index contributed by atoms with van der Waals surface area (Å²) in [7, 11) is -7.41. The number of aryl methyl sites for hydroxylation is 2. The van der Waals surface area contributed by atoms with Crippen LogP contribution in [0.3, 0.4) is 0 Å². The van der Waals surface area contributed by atoms with E-state index in [-0.39, 0.29) is 21.6 Å². The fraction of sp³-hybridized carbons (Fsp3) is 0.391. The molecule has 176 valence electrons. The van der Waals surface area contributed by atoms with Gasteiger partial charge in [-0.25, -0.2) is 9.66 Å². The average Bonchev–Trinajstić information content (AvgIpc) is 2.79. The molecule has 8 nitrogen and oxygen atoms in total. The highest BCUT2D eigenvalue weighted by Gasteiger charge is 2.35. The average molecular weight is 489 g/mol. The van der Waals surface area contributed by atoms with Crippen LogP contribution in [0.15, 0.2) is 68.5 Å². The standard InChI is InChI=1S/C23H28N4O4S2/c1-16-3-9-20(10-4-16)32(28,29)26-24-22-13-7-19-15-18(22)8-14-23(19)25-27-33(30,31)21-11-5-17(2)6-12-21/h3-6,9-12,18-19,26-27H,7-8,13-15H2,1-2H3/b24-22-,25-23+. The van der Waals surface area contributed by atoms with Crippen LogP contribution in [-0.2, 0) is 20.0 Å². The molecule has 0 aliphatic heterocycles. The van der Waals surface area contributed by atoms with E-state index in [1.165, 1.54) is 0 Å². The van der Waals surface area contributed by atoms with Crippen molar-refractivity contribution in [2.75, 3.05) is 0 Å². The maximum atomic E-state index is 12.5. The first-order chi connectivity index (χ1) is 15.6. The van der Waals surface area contributed by atoms with E-state index in [4.69, 9.17) is 0 Å². The van der Waals surface area contributed by atoms with Crippen LogP contribution in [0.2, 0.25) is 0 Å². The molecule has 0 heterocycles. The summed E-state index contributed by atoms with van der Waals surface area (Å²) in [6.07, 6.45) is 3.60. The molecule has 10 heteroatoms. The van der Waals surface area contributed by atoms with E-state index in [9.17, 15) is 16.8 Å². The molecule has 2 saturated carbocycles. The first-order valence-corrected chi connectivity index (χ1v) is 13.9. The maximum Gasteiger partial charge on any atom is 0.276 e. The zero-order chi connectivity index (χ0) is 23.6. The van der Waals surface area contributed by atoms with Gasteiger partial charge in [0.25, 0.3) is 20.0 Å². The number of nitrogens with zero attached hydrogens (tertiary/aromatic N) is 2. The molecule has 4 rings (SSSR count). The van der Waals surface area contributed by atoms with Gasteiger partial charge in [0.05, 0.1) is 9.79 Å². The topological polar surface area (TPSA) is 117 Å². The second-order valence-corrected chi connectivity index (χ2v) is 12.1. The summed E-state index contributed by atoms with van der Waals surface area (Å²) in [6, 6.07) is 13.3. The van der Waals surface area contributed by atoms with Gasteiger partial charge in [0, 0.05) is 23.3 Å². The Kier molecular flexibility index (Phi) is 6.58. The predicted octanol–water partition coefficient (Wildman–Crippen LogP) is 3.48. The molecule has 2 aromatic carbocycles. The number of hydrazone groups is 2. The lowest BCUT2D eigenvalue weighted by Gasteiger charge is -2.36. The molecule has 2 N–H and O–H groups in total. The Morgan fingerprint density at radius 2 is 1.03 bits per heavy atom. The summed E-state index contributed by atoms with van der Waals surface area (Å²) in [4.78, 5) is 5.14. The van der Waals surface area contributed by atoms with E-state index in [2.05, 4.69) is 19.9 Å². The first-order valence-electron chi connectivity index (χ1n) is 10.9. The molecule has 0 amide bonds. The number of benzene rings is 2. The van der Waals surface area contributed by atoms with Crippen molar-refractivity contribution in [3.63, 3.8) is 0 Å². The molecule has 33 heavy (non-hydrogen) atoms. The van der Waals surface area contributed by atoms with Crippen molar-refractivity contribution in [1.29, 1.82) is 0 Å². The van der Waals surface area contributed by atoms with Crippen LogP contribution < -0.4 is 9.66 Å². The number of sulfonamides is 2. The zero-order valence-corrected chi connectivity index (χ0v) is 20.3. The Balaban J connectivity index is 1.40. The van der Waals surface area contributed by atoms with Gasteiger partial charge in [-0.1, -0.05) is 35.4 Å². The van der Waals surface area contributed by atoms with Gasteiger partial charge < -0.3 is 0 Å². The molecule has 0 aromatic heterocycles. The van der Waals surface area contributed by atoms with Gasteiger partial charge in [-0.2, -0.15) is 27.0 Å². The highest BCUT2D eigenvalue weighted by Crippen LogP contribution is 2.37. The summed E-state index contributed by atoms with van der Waals surface area (Å²) in [5, 5.41) is 8.52. The molecule has 0 saturated heterocycles. The van der Waals surface area contributed by atoms with Crippen molar-refractivity contribution >= 4 is 31.5 Å². The highest BCUT2D eigenvalue weighted by atomic mass is 32.2. The molecule has 2 bridgehead atoms. The third-order valence-corrected chi connectivity index (χ3v) is 8.74. The second-order valence-electron chi connectivity index (χ2n) is 8.73. The van der Waals surface area contributed by atoms with Crippen LogP contribution in [0, 0.1) is 25.7 Å². The molecular weight excluding hydrogens is 460 g/mol. The van der Waals surface area contributed by atoms with Crippen LogP contribution in [0.25, 0.3) is 0 Å². The molecule has 2 aromatic rings. The largest absolute Gasteiger partial charge is 0.276 e. The first kappa shape index (κ1) is 23.4. The van der Waals surface area contributed by atoms with Crippen molar-refractivity contribution in [2.24, 2.45) is 22.0 Å². The van der Waals surface area contributed by atoms with E-state index >= 15 is 0 Å². The molecule has 0 radical (unpaired) electrons. The fourth-order valence-electron chi connectivity index (χ4n) is 4.31. The minimum absolute atomic E-state index is 0.164. The lowest BCUT2D eigenvalue weighted by atomic mass is 9.70. The van der Waals surface area contributed by atoms with E-state index < -0.39 is 20.0 Å². The van der Waals surface area contributed by atoms with E-state index in [0.29, 0.717) is 12.8 Å². The van der Waals surface area contributed by atoms with E-state index in [0.717, 1.165) is 41.8 Å². The molecule has 2 unspecified atom stereocenters. The van der Waals surface area contributed by atoms with Crippen LogP contribution >= 0.6 is 0 Å². The van der Waals surface area contributed by atoms with Crippen molar-refractivity contribution in [3.8, 4) is 0 Å². The number of rotatable bonds is 6. The van der Waals surface area contributed by atoms with E-state index in [1.807, 2.05) is 13.8 Å². The molecule has 0 spiro atoms. The lowest BCUT2D eigenvalue weighted by Crippen LogP contribution is -2.37. The van der Waals surface area contributed by atoms with Crippen LogP contribution in [-0.4, -0.2) is 28.3 Å². The van der Waals surface area contributed by atoms with Gasteiger partial charge in [-0.15, -0.1) is 0 Å². The normalized spacial score (nSPS) is 23.5. The maximum absolute atomic E-state index is 12.5. The molecular formula is C23H28N4O4S2. The Bertz CT molecular complexity index is 1180. The van der Waals surface area contributed by atoms with E-state index in [1.54, 1.807) is 48.5 Å². The SMILES string of the molecule is Cc1ccc(S(=O)(=O)N/N=C2/CCC3CC2CC/C3=N\NS(=O)(=O)c2ccc(C)cc2)cc1. The predicted molar refractivity (Wildman–Crippen MR) is 128 cm³/mol. The Labute approximate surface area is 195 Å². The monoisotopic (exact) mass is 488 g/mol. The Hall–Kier alpha value is -2.72. The van der Waals surface area contributed by atoms with Gasteiger partial charge in [0.2, 0.25) is 0 Å². The Morgan fingerprint density at radius 3 is 1.39 bits per heavy atom. The summed E-state index contributed by atoms with van der Waals surface area (Å²) in [5.41, 5.74) is 3.67. The van der Waals surface area contributed by atoms with Gasteiger partial charge in [-0.3, -0.25) is 0 Å². The van der Waals surface area contributed by atoms with Crippen molar-refractivity contribution in [3.05, 3.63) is 59.7 Å². The summed E-state index contributed by atoms with van der Waals surface area (Å²) in [5.74, 6) is 0.328. The number of nitrogens with one attached hydrogen (secondary N) is 2. The molecule has 2 aliphatic rings. The van der Waals surface area contributed by atoms with Gasteiger partial charge >= 0.3 is 0 Å². The zero-order valence-electron chi connectivity index (χ0n) is 18.7. The van der Waals surface area contributed by atoms with Gasteiger partial charge in [0.15, 0.2) is 0 Å². The second kappa shape index (κ2) is 9.26. The summed E-state index contributed by atoms with van der Waals surface area (Å²) in [6.45, 7) is 3.80. The van der Waals surface area contributed by atoms with Crippen molar-refractivity contribution in [1.82, 2.24) is 9.66 Å². The summed E-state index contributed by atoms with van der Waals surface area (Å²) >= 11 is 0. The van der Waals surface area contributed by atoms with Crippen molar-refractivity contribution in [2.45, 2.75) is 55.7 Å². The van der Waals surface area contributed by atoms with Crippen LogP contribution in [0.4, 0.5) is 0 Å². The van der Waals surface area contributed by atoms with Gasteiger partial charge in [0.1, 0.15) is 0 Å². The van der Waals surface area contributed by atoms with Crippen LogP contribution in [0.5, 0.6) is 0 Å². The molecule has 2 atom stereocenters. The number of fused-ring (bicyclic) bond motifs is 2. The van der Waals surface area contributed by atoms with Crippen molar-refractivity contribution < 1.29 is 16.8 Å². The lowest BCUT2D eigenvalue weighted by molar-refractivity contribution is 0.404. The minimum atomic E-state index is -3.71. The third kappa shape index (κ3) is 5.44. The number of hydrogen-bond donors (Lipinski definition) is 2.